The fourth-order valence-corrected chi connectivity index (χ4v) is 2.73. The number of carbonyl (C=O) groups is 1. The summed E-state index contributed by atoms with van der Waals surface area (Å²) in [6, 6.07) is 14.3. The maximum absolute atomic E-state index is 11.8. The fourth-order valence-electron chi connectivity index (χ4n) is 2.43. The summed E-state index contributed by atoms with van der Waals surface area (Å²) in [6.45, 7) is 7.77. The van der Waals surface area contributed by atoms with Gasteiger partial charge in [-0.3, -0.25) is 0 Å². The fraction of sp³-hybridized carbons (Fsp3) is 0.286. The molecule has 5 heteroatoms. The van der Waals surface area contributed by atoms with Gasteiger partial charge in [-0.1, -0.05) is 41.6 Å². The lowest BCUT2D eigenvalue weighted by Crippen LogP contribution is -2.33. The normalized spacial score (nSPS) is 11.1. The minimum absolute atomic E-state index is 0.354. The molecule has 1 atom stereocenters. The van der Waals surface area contributed by atoms with Crippen molar-refractivity contribution in [2.75, 3.05) is 18.0 Å². The second kappa shape index (κ2) is 9.74. The van der Waals surface area contributed by atoms with Crippen LogP contribution in [-0.4, -0.2) is 25.2 Å². The van der Waals surface area contributed by atoms with Gasteiger partial charge in [0.15, 0.2) is 0 Å². The van der Waals surface area contributed by atoms with E-state index >= 15 is 0 Å². The number of hydrogen-bond acceptors (Lipinski definition) is 3. The molecule has 0 aliphatic rings. The van der Waals surface area contributed by atoms with Crippen LogP contribution in [0.15, 0.2) is 48.5 Å². The summed E-state index contributed by atoms with van der Waals surface area (Å²) in [6.07, 6.45) is -0.534. The van der Waals surface area contributed by atoms with E-state index in [4.69, 9.17) is 16.3 Å². The Labute approximate surface area is 160 Å². The topological polar surface area (TPSA) is 41.6 Å². The van der Waals surface area contributed by atoms with Crippen LogP contribution in [-0.2, 0) is 0 Å². The van der Waals surface area contributed by atoms with Gasteiger partial charge in [-0.25, -0.2) is 4.79 Å². The minimum Gasteiger partial charge on any atom is -0.410 e. The molecule has 2 aromatic rings. The molecule has 136 valence electrons. The number of rotatable bonds is 5. The summed E-state index contributed by atoms with van der Waals surface area (Å²) in [4.78, 5) is 14.0. The predicted molar refractivity (Wildman–Crippen MR) is 107 cm³/mol. The average molecular weight is 371 g/mol. The van der Waals surface area contributed by atoms with Gasteiger partial charge in [-0.15, -0.1) is 0 Å². The molecule has 0 saturated heterocycles. The van der Waals surface area contributed by atoms with Crippen LogP contribution in [0.2, 0.25) is 5.02 Å². The minimum atomic E-state index is -0.534. The molecule has 4 nitrogen and oxygen atoms in total. The zero-order chi connectivity index (χ0) is 18.9. The van der Waals surface area contributed by atoms with E-state index in [1.807, 2.05) is 24.3 Å². The summed E-state index contributed by atoms with van der Waals surface area (Å²) >= 11 is 6.37. The van der Waals surface area contributed by atoms with E-state index in [0.717, 1.165) is 24.3 Å². The average Bonchev–Trinajstić information content (AvgIpc) is 2.63. The number of hydrogen-bond donors (Lipinski definition) is 1. The van der Waals surface area contributed by atoms with E-state index in [2.05, 4.69) is 35.9 Å². The maximum Gasteiger partial charge on any atom is 0.413 e. The Morgan fingerprint density at radius 3 is 2.50 bits per heavy atom. The quantitative estimate of drug-likeness (QED) is 0.774. The molecule has 1 N–H and O–H groups in total. The Hall–Kier alpha value is -2.64. The summed E-state index contributed by atoms with van der Waals surface area (Å²) in [5.74, 6) is 6.51. The molecule has 0 spiro atoms. The van der Waals surface area contributed by atoms with Crippen molar-refractivity contribution in [3.05, 3.63) is 59.1 Å². The van der Waals surface area contributed by atoms with E-state index in [1.54, 1.807) is 31.2 Å². The third-order valence-electron chi connectivity index (χ3n) is 3.77. The molecule has 1 amide bonds. The third-order valence-corrected chi connectivity index (χ3v) is 4.08. The Morgan fingerprint density at radius 1 is 1.19 bits per heavy atom. The standard InChI is InChI=1S/C21H23ClN2O2/c1-4-24(5-2)20-14-13-17(15-19(20)22)12-11-16(3)23-21(25)26-18-9-7-6-8-10-18/h6-10,13-16H,4-5H2,1-3H3,(H,23,25). The van der Waals surface area contributed by atoms with Crippen molar-refractivity contribution in [1.29, 1.82) is 0 Å². The van der Waals surface area contributed by atoms with Crippen molar-refractivity contribution in [2.24, 2.45) is 0 Å². The van der Waals surface area contributed by atoms with Crippen molar-refractivity contribution >= 4 is 23.4 Å². The molecule has 26 heavy (non-hydrogen) atoms. The van der Waals surface area contributed by atoms with Gasteiger partial charge in [0.1, 0.15) is 5.75 Å². The molecule has 2 aromatic carbocycles. The molecule has 0 aliphatic carbocycles. The number of amides is 1. The van der Waals surface area contributed by atoms with E-state index in [9.17, 15) is 4.79 Å². The molecule has 2 rings (SSSR count). The van der Waals surface area contributed by atoms with Gasteiger partial charge >= 0.3 is 6.09 Å². The lowest BCUT2D eigenvalue weighted by molar-refractivity contribution is 0.199. The first kappa shape index (κ1) is 19.7. The van der Waals surface area contributed by atoms with Crippen LogP contribution in [0, 0.1) is 11.8 Å². The molecule has 0 aliphatic heterocycles. The van der Waals surface area contributed by atoms with Crippen molar-refractivity contribution < 1.29 is 9.53 Å². The van der Waals surface area contributed by atoms with Crippen molar-refractivity contribution in [3.8, 4) is 17.6 Å². The van der Waals surface area contributed by atoms with Crippen molar-refractivity contribution in [2.45, 2.75) is 26.8 Å². The lowest BCUT2D eigenvalue weighted by Gasteiger charge is -2.22. The Kier molecular flexibility index (Phi) is 7.37. The highest BCUT2D eigenvalue weighted by molar-refractivity contribution is 6.33. The van der Waals surface area contributed by atoms with Gasteiger partial charge in [0.2, 0.25) is 0 Å². The number of nitrogens with zero attached hydrogens (tertiary/aromatic N) is 1. The molecular formula is C21H23ClN2O2. The summed E-state index contributed by atoms with van der Waals surface area (Å²) in [5, 5.41) is 3.36. The van der Waals surface area contributed by atoms with Gasteiger partial charge in [-0.05, 0) is 51.1 Å². The predicted octanol–water partition coefficient (Wildman–Crippen LogP) is 4.71. The van der Waals surface area contributed by atoms with Gasteiger partial charge in [0.25, 0.3) is 0 Å². The zero-order valence-corrected chi connectivity index (χ0v) is 16.0. The first-order valence-corrected chi connectivity index (χ1v) is 9.00. The molecule has 0 bridgehead atoms. The summed E-state index contributed by atoms with van der Waals surface area (Å²) < 4.78 is 5.18. The van der Waals surface area contributed by atoms with Crippen LogP contribution < -0.4 is 15.0 Å². The first-order chi connectivity index (χ1) is 12.5. The number of benzene rings is 2. The number of anilines is 1. The van der Waals surface area contributed by atoms with Crippen LogP contribution in [0.4, 0.5) is 10.5 Å². The van der Waals surface area contributed by atoms with E-state index < -0.39 is 6.09 Å². The van der Waals surface area contributed by atoms with Crippen molar-refractivity contribution in [1.82, 2.24) is 5.32 Å². The van der Waals surface area contributed by atoms with E-state index in [0.29, 0.717) is 10.8 Å². The van der Waals surface area contributed by atoms with E-state index in [-0.39, 0.29) is 6.04 Å². The Morgan fingerprint density at radius 2 is 1.88 bits per heavy atom. The molecule has 0 saturated carbocycles. The lowest BCUT2D eigenvalue weighted by atomic mass is 10.2. The smallest absolute Gasteiger partial charge is 0.410 e. The Balaban J connectivity index is 1.97. The highest BCUT2D eigenvalue weighted by Crippen LogP contribution is 2.26. The van der Waals surface area contributed by atoms with Gasteiger partial charge in [0.05, 0.1) is 16.8 Å². The maximum atomic E-state index is 11.8. The van der Waals surface area contributed by atoms with Crippen LogP contribution in [0.25, 0.3) is 0 Å². The number of ether oxygens (including phenoxy) is 1. The number of halogens is 1. The first-order valence-electron chi connectivity index (χ1n) is 8.63. The second-order valence-corrected chi connectivity index (χ2v) is 6.08. The van der Waals surface area contributed by atoms with Gasteiger partial charge < -0.3 is 15.0 Å². The number of para-hydroxylation sites is 1. The van der Waals surface area contributed by atoms with Crippen LogP contribution in [0.3, 0.4) is 0 Å². The number of nitrogens with one attached hydrogen (secondary N) is 1. The SMILES string of the molecule is CCN(CC)c1ccc(C#CC(C)NC(=O)Oc2ccccc2)cc1Cl. The summed E-state index contributed by atoms with van der Waals surface area (Å²) in [7, 11) is 0. The third kappa shape index (κ3) is 5.72. The number of carbonyl (C=O) groups excluding carboxylic acids is 1. The molecule has 0 aromatic heterocycles. The molecular weight excluding hydrogens is 348 g/mol. The van der Waals surface area contributed by atoms with E-state index in [1.165, 1.54) is 0 Å². The Bertz CT molecular complexity index is 793. The highest BCUT2D eigenvalue weighted by atomic mass is 35.5. The molecule has 1 unspecified atom stereocenters. The second-order valence-electron chi connectivity index (χ2n) is 5.68. The largest absolute Gasteiger partial charge is 0.413 e. The summed E-state index contributed by atoms with van der Waals surface area (Å²) in [5.41, 5.74) is 1.80. The van der Waals surface area contributed by atoms with Crippen LogP contribution >= 0.6 is 11.6 Å². The van der Waals surface area contributed by atoms with Crippen LogP contribution in [0.1, 0.15) is 26.3 Å². The molecule has 0 fully saturated rings. The van der Waals surface area contributed by atoms with Crippen molar-refractivity contribution in [3.63, 3.8) is 0 Å². The highest BCUT2D eigenvalue weighted by Gasteiger charge is 2.08. The zero-order valence-electron chi connectivity index (χ0n) is 15.3. The van der Waals surface area contributed by atoms with Crippen LogP contribution in [0.5, 0.6) is 5.75 Å². The molecule has 0 radical (unpaired) electrons. The molecule has 0 heterocycles. The monoisotopic (exact) mass is 370 g/mol. The van der Waals surface area contributed by atoms with Gasteiger partial charge in [0, 0.05) is 18.7 Å². The van der Waals surface area contributed by atoms with Gasteiger partial charge in [-0.2, -0.15) is 0 Å².